The minimum atomic E-state index is 0.348. The fraction of sp³-hybridized carbons (Fsp3) is 0.286. The summed E-state index contributed by atoms with van der Waals surface area (Å²) in [6, 6.07) is 10.7. The largest absolute Gasteiger partial charge is 0.497 e. The summed E-state index contributed by atoms with van der Waals surface area (Å²) in [4.78, 5) is 0. The molecule has 1 aromatic carbocycles. The highest BCUT2D eigenvalue weighted by molar-refractivity contribution is 7.07. The Morgan fingerprint density at radius 1 is 1.24 bits per heavy atom. The van der Waals surface area contributed by atoms with Crippen molar-refractivity contribution in [3.05, 3.63) is 52.2 Å². The summed E-state index contributed by atoms with van der Waals surface area (Å²) in [6.45, 7) is 3.09. The van der Waals surface area contributed by atoms with E-state index in [2.05, 4.69) is 41.2 Å². The number of benzene rings is 1. The second-order valence-corrected chi connectivity index (χ2v) is 4.79. The summed E-state index contributed by atoms with van der Waals surface area (Å²) in [6.07, 6.45) is 0. The van der Waals surface area contributed by atoms with Crippen molar-refractivity contribution in [3.63, 3.8) is 0 Å². The fourth-order valence-electron chi connectivity index (χ4n) is 1.67. The molecule has 0 amide bonds. The van der Waals surface area contributed by atoms with Gasteiger partial charge in [-0.05, 0) is 47.0 Å². The maximum Gasteiger partial charge on any atom is 0.118 e. The van der Waals surface area contributed by atoms with E-state index >= 15 is 0 Å². The van der Waals surface area contributed by atoms with E-state index in [9.17, 15) is 0 Å². The Bertz CT molecular complexity index is 436. The van der Waals surface area contributed by atoms with Gasteiger partial charge in [-0.3, -0.25) is 0 Å². The van der Waals surface area contributed by atoms with Crippen molar-refractivity contribution in [2.24, 2.45) is 0 Å². The van der Waals surface area contributed by atoms with Gasteiger partial charge in [-0.25, -0.2) is 0 Å². The highest BCUT2D eigenvalue weighted by Gasteiger charge is 2.04. The molecule has 2 rings (SSSR count). The first kappa shape index (κ1) is 12.1. The molecule has 0 radical (unpaired) electrons. The highest BCUT2D eigenvalue weighted by Crippen LogP contribution is 2.17. The summed E-state index contributed by atoms with van der Waals surface area (Å²) in [5.74, 6) is 0.902. The van der Waals surface area contributed by atoms with Gasteiger partial charge in [0, 0.05) is 12.6 Å². The van der Waals surface area contributed by atoms with Gasteiger partial charge in [0.15, 0.2) is 0 Å². The monoisotopic (exact) mass is 247 g/mol. The standard InChI is InChI=1S/C14H17NOS/c1-11(15-9-12-7-8-17-10-12)13-3-5-14(16-2)6-4-13/h3-8,10-11,15H,9H2,1-2H3. The van der Waals surface area contributed by atoms with Crippen LogP contribution in [-0.2, 0) is 6.54 Å². The maximum absolute atomic E-state index is 5.15. The molecule has 0 saturated heterocycles. The molecule has 0 fully saturated rings. The van der Waals surface area contributed by atoms with Crippen LogP contribution in [0.3, 0.4) is 0 Å². The third kappa shape index (κ3) is 3.32. The van der Waals surface area contributed by atoms with Crippen LogP contribution >= 0.6 is 11.3 Å². The Kier molecular flexibility index (Phi) is 4.18. The van der Waals surface area contributed by atoms with Gasteiger partial charge < -0.3 is 10.1 Å². The maximum atomic E-state index is 5.15. The SMILES string of the molecule is COc1ccc(C(C)NCc2ccsc2)cc1. The Morgan fingerprint density at radius 3 is 2.59 bits per heavy atom. The zero-order valence-electron chi connectivity index (χ0n) is 10.1. The lowest BCUT2D eigenvalue weighted by Crippen LogP contribution is -2.17. The smallest absolute Gasteiger partial charge is 0.118 e. The van der Waals surface area contributed by atoms with Crippen LogP contribution in [0.2, 0.25) is 0 Å². The first-order valence-corrected chi connectivity index (χ1v) is 6.62. The van der Waals surface area contributed by atoms with Crippen LogP contribution in [0.5, 0.6) is 5.75 Å². The first-order chi connectivity index (χ1) is 8.29. The van der Waals surface area contributed by atoms with Gasteiger partial charge in [0.1, 0.15) is 5.75 Å². The lowest BCUT2D eigenvalue weighted by Gasteiger charge is -2.14. The minimum Gasteiger partial charge on any atom is -0.497 e. The van der Waals surface area contributed by atoms with Gasteiger partial charge in [0.2, 0.25) is 0 Å². The lowest BCUT2D eigenvalue weighted by atomic mass is 10.1. The number of thiophene rings is 1. The number of hydrogen-bond donors (Lipinski definition) is 1. The zero-order chi connectivity index (χ0) is 12.1. The molecule has 1 atom stereocenters. The van der Waals surface area contributed by atoms with E-state index in [-0.39, 0.29) is 0 Å². The van der Waals surface area contributed by atoms with Crippen LogP contribution in [-0.4, -0.2) is 7.11 Å². The molecule has 0 bridgehead atoms. The quantitative estimate of drug-likeness (QED) is 0.871. The molecule has 2 nitrogen and oxygen atoms in total. The Hall–Kier alpha value is -1.32. The summed E-state index contributed by atoms with van der Waals surface area (Å²) in [5, 5.41) is 7.79. The van der Waals surface area contributed by atoms with Gasteiger partial charge >= 0.3 is 0 Å². The van der Waals surface area contributed by atoms with Gasteiger partial charge in [-0.15, -0.1) is 0 Å². The van der Waals surface area contributed by atoms with E-state index < -0.39 is 0 Å². The molecule has 2 aromatic rings. The summed E-state index contributed by atoms with van der Waals surface area (Å²) < 4.78 is 5.15. The number of rotatable bonds is 5. The predicted octanol–water partition coefficient (Wildman–Crippen LogP) is 3.61. The fourth-order valence-corrected chi connectivity index (χ4v) is 2.34. The molecule has 0 aliphatic heterocycles. The molecule has 1 N–H and O–H groups in total. The third-order valence-corrected chi connectivity index (χ3v) is 3.54. The summed E-state index contributed by atoms with van der Waals surface area (Å²) >= 11 is 1.74. The van der Waals surface area contributed by atoms with E-state index in [1.54, 1.807) is 18.4 Å². The molecule has 0 aliphatic carbocycles. The van der Waals surface area contributed by atoms with Gasteiger partial charge in [-0.2, -0.15) is 11.3 Å². The molecule has 90 valence electrons. The van der Waals surface area contributed by atoms with Crippen LogP contribution in [0, 0.1) is 0 Å². The molecular formula is C14H17NOS. The third-order valence-electron chi connectivity index (χ3n) is 2.81. The van der Waals surface area contributed by atoms with Crippen LogP contribution in [0.4, 0.5) is 0 Å². The number of methoxy groups -OCH3 is 1. The van der Waals surface area contributed by atoms with Crippen molar-refractivity contribution in [2.45, 2.75) is 19.5 Å². The second-order valence-electron chi connectivity index (χ2n) is 4.01. The van der Waals surface area contributed by atoms with Crippen LogP contribution in [0.25, 0.3) is 0 Å². The van der Waals surface area contributed by atoms with Crippen molar-refractivity contribution in [2.75, 3.05) is 7.11 Å². The van der Waals surface area contributed by atoms with Gasteiger partial charge in [0.25, 0.3) is 0 Å². The van der Waals surface area contributed by atoms with Crippen molar-refractivity contribution < 1.29 is 4.74 Å². The first-order valence-electron chi connectivity index (χ1n) is 5.68. The highest BCUT2D eigenvalue weighted by atomic mass is 32.1. The lowest BCUT2D eigenvalue weighted by molar-refractivity contribution is 0.414. The van der Waals surface area contributed by atoms with E-state index in [1.807, 2.05) is 12.1 Å². The van der Waals surface area contributed by atoms with Crippen LogP contribution < -0.4 is 10.1 Å². The topological polar surface area (TPSA) is 21.3 Å². The predicted molar refractivity (Wildman–Crippen MR) is 72.6 cm³/mol. The molecule has 1 unspecified atom stereocenters. The van der Waals surface area contributed by atoms with E-state index in [4.69, 9.17) is 4.74 Å². The molecular weight excluding hydrogens is 230 g/mol. The second kappa shape index (κ2) is 5.84. The molecule has 0 aliphatic rings. The molecule has 1 heterocycles. The van der Waals surface area contributed by atoms with E-state index in [0.29, 0.717) is 6.04 Å². The molecule has 3 heteroatoms. The van der Waals surface area contributed by atoms with E-state index in [1.165, 1.54) is 11.1 Å². The average molecular weight is 247 g/mol. The average Bonchev–Trinajstić information content (AvgIpc) is 2.89. The minimum absolute atomic E-state index is 0.348. The van der Waals surface area contributed by atoms with Crippen molar-refractivity contribution >= 4 is 11.3 Å². The Labute approximate surface area is 106 Å². The summed E-state index contributed by atoms with van der Waals surface area (Å²) in [7, 11) is 1.69. The van der Waals surface area contributed by atoms with Crippen LogP contribution in [0.1, 0.15) is 24.1 Å². The Morgan fingerprint density at radius 2 is 2.00 bits per heavy atom. The van der Waals surface area contributed by atoms with Gasteiger partial charge in [-0.1, -0.05) is 12.1 Å². The normalized spacial score (nSPS) is 12.4. The summed E-state index contributed by atoms with van der Waals surface area (Å²) in [5.41, 5.74) is 2.62. The van der Waals surface area contributed by atoms with E-state index in [0.717, 1.165) is 12.3 Å². The van der Waals surface area contributed by atoms with Crippen LogP contribution in [0.15, 0.2) is 41.1 Å². The molecule has 1 aromatic heterocycles. The van der Waals surface area contributed by atoms with Crippen molar-refractivity contribution in [1.29, 1.82) is 0 Å². The number of hydrogen-bond acceptors (Lipinski definition) is 3. The number of nitrogens with one attached hydrogen (secondary N) is 1. The Balaban J connectivity index is 1.92. The molecule has 0 saturated carbocycles. The van der Waals surface area contributed by atoms with Crippen molar-refractivity contribution in [3.8, 4) is 5.75 Å². The van der Waals surface area contributed by atoms with Crippen molar-refractivity contribution in [1.82, 2.24) is 5.32 Å². The zero-order valence-corrected chi connectivity index (χ0v) is 11.0. The molecule has 17 heavy (non-hydrogen) atoms. The number of ether oxygens (including phenoxy) is 1. The molecule has 0 spiro atoms. The van der Waals surface area contributed by atoms with Gasteiger partial charge in [0.05, 0.1) is 7.11 Å².